The van der Waals surface area contributed by atoms with Crippen LogP contribution in [0.25, 0.3) is 5.57 Å². The monoisotopic (exact) mass is 339 g/mol. The maximum atomic E-state index is 12.0. The zero-order valence-corrected chi connectivity index (χ0v) is 14.8. The Morgan fingerprint density at radius 2 is 1.92 bits per heavy atom. The fraction of sp³-hybridized carbons (Fsp3) is 0.300. The molecule has 0 saturated heterocycles. The molecule has 1 saturated carbocycles. The van der Waals surface area contributed by atoms with E-state index in [-0.39, 0.29) is 11.5 Å². The van der Waals surface area contributed by atoms with Crippen LogP contribution in [0.4, 0.5) is 0 Å². The number of nitrogens with one attached hydrogen (secondary N) is 1. The molecular formula is C20H21NO2S. The number of carbonyl (C=O) groups excluding carboxylic acids is 1. The molecule has 1 aliphatic carbocycles. The van der Waals surface area contributed by atoms with Crippen molar-refractivity contribution in [2.45, 2.75) is 31.1 Å². The second kappa shape index (κ2) is 7.22. The van der Waals surface area contributed by atoms with Crippen LogP contribution in [0.1, 0.15) is 36.1 Å². The van der Waals surface area contributed by atoms with Gasteiger partial charge in [0, 0.05) is 34.6 Å². The van der Waals surface area contributed by atoms with Gasteiger partial charge in [0.25, 0.3) is 5.56 Å². The van der Waals surface area contributed by atoms with Gasteiger partial charge >= 0.3 is 0 Å². The Morgan fingerprint density at radius 3 is 2.50 bits per heavy atom. The van der Waals surface area contributed by atoms with Crippen LogP contribution in [0.3, 0.4) is 0 Å². The highest BCUT2D eigenvalue weighted by Gasteiger charge is 2.21. The van der Waals surface area contributed by atoms with Crippen LogP contribution < -0.4 is 5.56 Å². The Bertz CT molecular complexity index is 833. The van der Waals surface area contributed by atoms with Gasteiger partial charge in [-0.2, -0.15) is 0 Å². The van der Waals surface area contributed by atoms with Gasteiger partial charge in [-0.3, -0.25) is 9.59 Å². The van der Waals surface area contributed by atoms with Crippen molar-refractivity contribution in [1.29, 1.82) is 0 Å². The van der Waals surface area contributed by atoms with E-state index in [1.807, 2.05) is 18.4 Å². The number of benzene rings is 1. The second-order valence-corrected chi connectivity index (χ2v) is 7.11. The first-order valence-corrected chi connectivity index (χ1v) is 9.37. The Labute approximate surface area is 146 Å². The van der Waals surface area contributed by atoms with Crippen LogP contribution in [-0.4, -0.2) is 17.0 Å². The van der Waals surface area contributed by atoms with E-state index in [0.29, 0.717) is 24.2 Å². The van der Waals surface area contributed by atoms with E-state index in [0.717, 1.165) is 23.3 Å². The lowest BCUT2D eigenvalue weighted by molar-refractivity contribution is -0.117. The van der Waals surface area contributed by atoms with Gasteiger partial charge in [-0.25, -0.2) is 0 Å². The number of H-pyrrole nitrogens is 1. The summed E-state index contributed by atoms with van der Waals surface area (Å²) >= 11 is 1.70. The molecule has 3 nitrogen and oxygen atoms in total. The summed E-state index contributed by atoms with van der Waals surface area (Å²) in [4.78, 5) is 27.8. The van der Waals surface area contributed by atoms with Gasteiger partial charge in [-0.15, -0.1) is 11.8 Å². The van der Waals surface area contributed by atoms with Gasteiger partial charge in [-0.1, -0.05) is 24.3 Å². The number of thioether (sulfide) groups is 1. The highest BCUT2D eigenvalue weighted by Crippen LogP contribution is 2.30. The van der Waals surface area contributed by atoms with Crippen molar-refractivity contribution in [2.75, 3.05) is 6.26 Å². The maximum absolute atomic E-state index is 12.0. The van der Waals surface area contributed by atoms with E-state index in [4.69, 9.17) is 0 Å². The van der Waals surface area contributed by atoms with E-state index < -0.39 is 0 Å². The average Bonchev–Trinajstić information content (AvgIpc) is 3.00. The smallest absolute Gasteiger partial charge is 0.251 e. The summed E-state index contributed by atoms with van der Waals surface area (Å²) in [6, 6.07) is 12.1. The third kappa shape index (κ3) is 3.70. The molecule has 0 unspecified atom stereocenters. The van der Waals surface area contributed by atoms with Crippen molar-refractivity contribution < 1.29 is 4.79 Å². The highest BCUT2D eigenvalue weighted by molar-refractivity contribution is 7.98. The Balaban J connectivity index is 2.05. The number of aromatic nitrogens is 1. The standard InChI is InChI=1S/C20H21NO2S/c1-13-3-10-19(21-20(13)23)18(12-14-4-7-16(22)11-14)15-5-8-17(24-2)9-6-15/h3,5-6,8-10,12,14H,4,7,11H2,1-2H3,(H,21,23)/b18-12+/t14-/m0/s1. The molecule has 24 heavy (non-hydrogen) atoms. The van der Waals surface area contributed by atoms with Crippen molar-refractivity contribution in [3.05, 3.63) is 69.6 Å². The number of aromatic amines is 1. The lowest BCUT2D eigenvalue weighted by Crippen LogP contribution is -2.11. The molecule has 1 fully saturated rings. The molecule has 1 heterocycles. The number of ketones is 1. The number of hydrogen-bond acceptors (Lipinski definition) is 3. The lowest BCUT2D eigenvalue weighted by Gasteiger charge is -2.12. The maximum Gasteiger partial charge on any atom is 0.251 e. The Hall–Kier alpha value is -2.07. The molecule has 0 amide bonds. The number of pyridine rings is 1. The molecule has 124 valence electrons. The highest BCUT2D eigenvalue weighted by atomic mass is 32.2. The van der Waals surface area contributed by atoms with Crippen LogP contribution in [-0.2, 0) is 4.79 Å². The SMILES string of the molecule is CSc1ccc(/C(=C\[C@H]2CCC(=O)C2)c2ccc(C)c(=O)[nH]2)cc1. The van der Waals surface area contributed by atoms with Crippen molar-refractivity contribution in [3.8, 4) is 0 Å². The summed E-state index contributed by atoms with van der Waals surface area (Å²) in [6.07, 6.45) is 6.35. The summed E-state index contributed by atoms with van der Waals surface area (Å²) in [5.41, 5.74) is 3.50. The van der Waals surface area contributed by atoms with Crippen LogP contribution >= 0.6 is 11.8 Å². The fourth-order valence-electron chi connectivity index (χ4n) is 3.04. The van der Waals surface area contributed by atoms with Gasteiger partial charge < -0.3 is 4.98 Å². The van der Waals surface area contributed by atoms with Gasteiger partial charge in [-0.05, 0) is 49.3 Å². The normalized spacial score (nSPS) is 18.2. The summed E-state index contributed by atoms with van der Waals surface area (Å²) in [7, 11) is 0. The van der Waals surface area contributed by atoms with Gasteiger partial charge in [0.05, 0.1) is 0 Å². The molecular weight excluding hydrogens is 318 g/mol. The van der Waals surface area contributed by atoms with Crippen LogP contribution in [0, 0.1) is 12.8 Å². The zero-order valence-electron chi connectivity index (χ0n) is 14.0. The molecule has 2 aromatic rings. The molecule has 3 rings (SSSR count). The number of hydrogen-bond donors (Lipinski definition) is 1. The van der Waals surface area contributed by atoms with E-state index in [9.17, 15) is 9.59 Å². The number of Topliss-reactive ketones (excluding diaryl/α,β-unsaturated/α-hetero) is 1. The quantitative estimate of drug-likeness (QED) is 0.849. The van der Waals surface area contributed by atoms with Crippen molar-refractivity contribution in [2.24, 2.45) is 5.92 Å². The minimum absolute atomic E-state index is 0.0679. The lowest BCUT2D eigenvalue weighted by atomic mass is 9.96. The number of rotatable bonds is 4. The van der Waals surface area contributed by atoms with Gasteiger partial charge in [0.2, 0.25) is 0 Å². The van der Waals surface area contributed by atoms with Crippen LogP contribution in [0.15, 0.2) is 52.2 Å². The molecule has 0 spiro atoms. The molecule has 1 aromatic carbocycles. The largest absolute Gasteiger partial charge is 0.322 e. The summed E-state index contributed by atoms with van der Waals surface area (Å²) in [5, 5.41) is 0. The number of carbonyl (C=O) groups is 1. The van der Waals surface area contributed by atoms with Crippen LogP contribution in [0.2, 0.25) is 0 Å². The van der Waals surface area contributed by atoms with E-state index >= 15 is 0 Å². The summed E-state index contributed by atoms with van der Waals surface area (Å²) < 4.78 is 0. The molecule has 1 aromatic heterocycles. The molecule has 1 atom stereocenters. The third-order valence-electron chi connectivity index (χ3n) is 4.48. The van der Waals surface area contributed by atoms with Crippen molar-refractivity contribution in [1.82, 2.24) is 4.98 Å². The topological polar surface area (TPSA) is 49.9 Å². The second-order valence-electron chi connectivity index (χ2n) is 6.23. The predicted molar refractivity (Wildman–Crippen MR) is 99.4 cm³/mol. The summed E-state index contributed by atoms with van der Waals surface area (Å²) in [6.45, 7) is 1.80. The molecule has 4 heteroatoms. The van der Waals surface area contributed by atoms with Gasteiger partial charge in [0.15, 0.2) is 0 Å². The molecule has 1 N–H and O–H groups in total. The van der Waals surface area contributed by atoms with E-state index in [1.54, 1.807) is 18.7 Å². The first-order chi connectivity index (χ1) is 11.6. The first kappa shape index (κ1) is 16.8. The minimum atomic E-state index is -0.0679. The van der Waals surface area contributed by atoms with E-state index in [2.05, 4.69) is 35.3 Å². The van der Waals surface area contributed by atoms with Crippen LogP contribution in [0.5, 0.6) is 0 Å². The fourth-order valence-corrected chi connectivity index (χ4v) is 3.44. The third-order valence-corrected chi connectivity index (χ3v) is 5.23. The number of allylic oxidation sites excluding steroid dienone is 1. The minimum Gasteiger partial charge on any atom is -0.322 e. The number of aryl methyl sites for hydroxylation is 1. The molecule has 1 aliphatic rings. The Morgan fingerprint density at radius 1 is 1.17 bits per heavy atom. The Kier molecular flexibility index (Phi) is 5.05. The van der Waals surface area contributed by atoms with Crippen molar-refractivity contribution >= 4 is 23.1 Å². The van der Waals surface area contributed by atoms with Gasteiger partial charge in [0.1, 0.15) is 5.78 Å². The molecule has 0 radical (unpaired) electrons. The average molecular weight is 339 g/mol. The zero-order chi connectivity index (χ0) is 17.1. The van der Waals surface area contributed by atoms with Crippen molar-refractivity contribution in [3.63, 3.8) is 0 Å². The molecule has 0 bridgehead atoms. The predicted octanol–water partition coefficient (Wildman–Crippen LogP) is 4.21. The molecule has 0 aliphatic heterocycles. The first-order valence-electron chi connectivity index (χ1n) is 8.15. The summed E-state index contributed by atoms with van der Waals surface area (Å²) in [5.74, 6) is 0.572. The van der Waals surface area contributed by atoms with E-state index in [1.165, 1.54) is 4.90 Å².